The number of carbonyl (C=O) groups is 3. The zero-order valence-electron chi connectivity index (χ0n) is 11.2. The van der Waals surface area contributed by atoms with Crippen molar-refractivity contribution in [2.45, 2.75) is 0 Å². The van der Waals surface area contributed by atoms with Crippen LogP contribution in [0.2, 0.25) is 5.02 Å². The zero-order chi connectivity index (χ0) is 15.9. The summed E-state index contributed by atoms with van der Waals surface area (Å²) in [7, 11) is 0. The van der Waals surface area contributed by atoms with Crippen LogP contribution in [0.4, 0.5) is 0 Å². The first-order chi connectivity index (χ1) is 10.6. The topological polar surface area (TPSA) is 97.6 Å². The van der Waals surface area contributed by atoms with Gasteiger partial charge in [-0.25, -0.2) is 4.79 Å². The van der Waals surface area contributed by atoms with Crippen molar-refractivity contribution >= 4 is 29.4 Å². The van der Waals surface area contributed by atoms with E-state index in [1.807, 2.05) is 0 Å². The lowest BCUT2D eigenvalue weighted by molar-refractivity contribution is -0.125. The van der Waals surface area contributed by atoms with Gasteiger partial charge in [0, 0.05) is 0 Å². The number of hydrogen-bond acceptors (Lipinski definition) is 5. The third-order valence-corrected chi connectivity index (χ3v) is 2.82. The van der Waals surface area contributed by atoms with Gasteiger partial charge in [-0.15, -0.1) is 0 Å². The highest BCUT2D eigenvalue weighted by atomic mass is 35.5. The summed E-state index contributed by atoms with van der Waals surface area (Å²) < 4.78 is 9.62. The molecule has 0 fully saturated rings. The van der Waals surface area contributed by atoms with Crippen LogP contribution < -0.4 is 10.9 Å². The smallest absolute Gasteiger partial charge is 0.340 e. The molecule has 1 aromatic heterocycles. The average Bonchev–Trinajstić information content (AvgIpc) is 3.05. The quantitative estimate of drug-likeness (QED) is 0.657. The molecular weight excluding hydrogens is 312 g/mol. The van der Waals surface area contributed by atoms with E-state index in [0.717, 1.165) is 0 Å². The minimum Gasteiger partial charge on any atom is -0.459 e. The number of furan rings is 1. The Kier molecular flexibility index (Phi) is 5.16. The highest BCUT2D eigenvalue weighted by Crippen LogP contribution is 2.15. The first kappa shape index (κ1) is 15.6. The Morgan fingerprint density at radius 3 is 2.55 bits per heavy atom. The summed E-state index contributed by atoms with van der Waals surface area (Å²) in [4.78, 5) is 34.6. The summed E-state index contributed by atoms with van der Waals surface area (Å²) in [6.45, 7) is -0.567. The Balaban J connectivity index is 1.77. The lowest BCUT2D eigenvalue weighted by Crippen LogP contribution is -2.43. The summed E-state index contributed by atoms with van der Waals surface area (Å²) >= 11 is 5.83. The second-order valence-electron chi connectivity index (χ2n) is 4.04. The lowest BCUT2D eigenvalue weighted by Gasteiger charge is -2.07. The van der Waals surface area contributed by atoms with Crippen LogP contribution in [0, 0.1) is 0 Å². The molecule has 1 heterocycles. The summed E-state index contributed by atoms with van der Waals surface area (Å²) in [6.07, 6.45) is 1.32. The Bertz CT molecular complexity index is 684. The maximum atomic E-state index is 11.7. The van der Waals surface area contributed by atoms with Gasteiger partial charge in [-0.05, 0) is 24.3 Å². The second kappa shape index (κ2) is 7.28. The van der Waals surface area contributed by atoms with Crippen LogP contribution in [-0.4, -0.2) is 24.4 Å². The fourth-order valence-corrected chi connectivity index (χ4v) is 1.68. The van der Waals surface area contributed by atoms with Crippen LogP contribution in [0.1, 0.15) is 20.9 Å². The molecule has 0 spiro atoms. The molecule has 0 aliphatic heterocycles. The van der Waals surface area contributed by atoms with Gasteiger partial charge in [0.2, 0.25) is 0 Å². The zero-order valence-corrected chi connectivity index (χ0v) is 11.9. The monoisotopic (exact) mass is 322 g/mol. The van der Waals surface area contributed by atoms with Crippen molar-refractivity contribution in [3.63, 3.8) is 0 Å². The van der Waals surface area contributed by atoms with Crippen LogP contribution in [0.5, 0.6) is 0 Å². The van der Waals surface area contributed by atoms with Gasteiger partial charge < -0.3 is 9.15 Å². The second-order valence-corrected chi connectivity index (χ2v) is 4.44. The van der Waals surface area contributed by atoms with Crippen molar-refractivity contribution in [3.05, 3.63) is 59.0 Å². The maximum Gasteiger partial charge on any atom is 0.340 e. The van der Waals surface area contributed by atoms with E-state index < -0.39 is 24.4 Å². The summed E-state index contributed by atoms with van der Waals surface area (Å²) in [5.74, 6) is -2.04. The van der Waals surface area contributed by atoms with Crippen molar-refractivity contribution in [2.75, 3.05) is 6.61 Å². The van der Waals surface area contributed by atoms with Crippen molar-refractivity contribution in [3.8, 4) is 0 Å². The molecule has 0 saturated heterocycles. The number of rotatable bonds is 4. The van der Waals surface area contributed by atoms with Crippen LogP contribution in [0.15, 0.2) is 47.1 Å². The van der Waals surface area contributed by atoms with Crippen LogP contribution >= 0.6 is 11.6 Å². The van der Waals surface area contributed by atoms with Crippen molar-refractivity contribution in [1.82, 2.24) is 10.9 Å². The number of nitrogens with one attached hydrogen (secondary N) is 2. The molecule has 0 unspecified atom stereocenters. The number of benzene rings is 1. The Morgan fingerprint density at radius 1 is 1.09 bits per heavy atom. The summed E-state index contributed by atoms with van der Waals surface area (Å²) in [6, 6.07) is 9.24. The predicted molar refractivity (Wildman–Crippen MR) is 76.1 cm³/mol. The molecule has 1 aromatic carbocycles. The molecule has 2 rings (SSSR count). The van der Waals surface area contributed by atoms with E-state index in [9.17, 15) is 14.4 Å². The van der Waals surface area contributed by atoms with E-state index in [1.54, 1.807) is 12.1 Å². The molecule has 0 bridgehead atoms. The normalized spacial score (nSPS) is 9.86. The van der Waals surface area contributed by atoms with Crippen LogP contribution in [-0.2, 0) is 9.53 Å². The largest absolute Gasteiger partial charge is 0.459 e. The summed E-state index contributed by atoms with van der Waals surface area (Å²) in [5.41, 5.74) is 4.34. The molecule has 22 heavy (non-hydrogen) atoms. The third kappa shape index (κ3) is 4.10. The van der Waals surface area contributed by atoms with Crippen LogP contribution in [0.3, 0.4) is 0 Å². The van der Waals surface area contributed by atoms with Gasteiger partial charge >= 0.3 is 11.9 Å². The molecule has 8 heteroatoms. The number of halogens is 1. The molecular formula is C14H11ClN2O5. The van der Waals surface area contributed by atoms with Gasteiger partial charge in [-0.2, -0.15) is 0 Å². The predicted octanol–water partition coefficient (Wildman–Crippen LogP) is 1.55. The van der Waals surface area contributed by atoms with Gasteiger partial charge in [-0.1, -0.05) is 23.7 Å². The van der Waals surface area contributed by atoms with Crippen molar-refractivity contribution < 1.29 is 23.5 Å². The van der Waals surface area contributed by atoms with Gasteiger partial charge in [-0.3, -0.25) is 20.4 Å². The molecule has 0 radical (unpaired) electrons. The van der Waals surface area contributed by atoms with E-state index in [-0.39, 0.29) is 16.3 Å². The van der Waals surface area contributed by atoms with Crippen molar-refractivity contribution in [2.24, 2.45) is 0 Å². The van der Waals surface area contributed by atoms with E-state index in [4.69, 9.17) is 20.8 Å². The molecule has 2 N–H and O–H groups in total. The SMILES string of the molecule is O=C(COC(=O)c1ccccc1Cl)NNC(=O)c1ccco1. The Hall–Kier alpha value is -2.80. The molecule has 2 aromatic rings. The molecule has 2 amide bonds. The maximum absolute atomic E-state index is 11.7. The third-order valence-electron chi connectivity index (χ3n) is 2.49. The van der Waals surface area contributed by atoms with Gasteiger partial charge in [0.25, 0.3) is 5.91 Å². The Morgan fingerprint density at radius 2 is 1.86 bits per heavy atom. The number of amides is 2. The number of carbonyl (C=O) groups excluding carboxylic acids is 3. The molecule has 0 aliphatic rings. The first-order valence-corrected chi connectivity index (χ1v) is 6.50. The number of hydrogen-bond donors (Lipinski definition) is 2. The highest BCUT2D eigenvalue weighted by Gasteiger charge is 2.14. The van der Waals surface area contributed by atoms with E-state index >= 15 is 0 Å². The molecule has 0 saturated carbocycles. The average molecular weight is 323 g/mol. The molecule has 0 atom stereocenters. The fourth-order valence-electron chi connectivity index (χ4n) is 1.47. The number of esters is 1. The van der Waals surface area contributed by atoms with E-state index in [0.29, 0.717) is 0 Å². The number of ether oxygens (including phenoxy) is 1. The number of hydrazine groups is 1. The highest BCUT2D eigenvalue weighted by molar-refractivity contribution is 6.33. The lowest BCUT2D eigenvalue weighted by atomic mass is 10.2. The molecule has 7 nitrogen and oxygen atoms in total. The van der Waals surface area contributed by atoms with Gasteiger partial charge in [0.05, 0.1) is 16.8 Å². The first-order valence-electron chi connectivity index (χ1n) is 6.12. The van der Waals surface area contributed by atoms with Gasteiger partial charge in [0.15, 0.2) is 12.4 Å². The Labute approximate surface area is 130 Å². The van der Waals surface area contributed by atoms with E-state index in [2.05, 4.69) is 10.9 Å². The van der Waals surface area contributed by atoms with E-state index in [1.165, 1.54) is 30.5 Å². The summed E-state index contributed by atoms with van der Waals surface area (Å²) in [5, 5.41) is 0.221. The molecule has 0 aliphatic carbocycles. The van der Waals surface area contributed by atoms with Crippen LogP contribution in [0.25, 0.3) is 0 Å². The standard InChI is InChI=1S/C14H11ClN2O5/c15-10-5-2-1-4-9(10)14(20)22-8-12(18)16-17-13(19)11-6-3-7-21-11/h1-7H,8H2,(H,16,18)(H,17,19). The minimum absolute atomic E-state index is 0.0355. The van der Waals surface area contributed by atoms with Crippen molar-refractivity contribution in [1.29, 1.82) is 0 Å². The minimum atomic E-state index is -0.738. The molecule has 114 valence electrons. The fraction of sp³-hybridized carbons (Fsp3) is 0.0714. The van der Waals surface area contributed by atoms with Gasteiger partial charge in [0.1, 0.15) is 0 Å².